The second kappa shape index (κ2) is 5.60. The summed E-state index contributed by atoms with van der Waals surface area (Å²) >= 11 is 0. The molecule has 0 saturated heterocycles. The fraction of sp³-hybridized carbons (Fsp3) is 0.933. The first kappa shape index (κ1) is 15.5. The summed E-state index contributed by atoms with van der Waals surface area (Å²) in [6.07, 6.45) is 4.64. The molecule has 0 unspecified atom stereocenters. The van der Waals surface area contributed by atoms with Gasteiger partial charge in [0.25, 0.3) is 0 Å². The number of amides is 1. The van der Waals surface area contributed by atoms with Crippen LogP contribution < -0.4 is 0 Å². The first-order chi connectivity index (χ1) is 8.11. The SMILES string of the molecule is CN(C(=O)COC(C)(C)C)C1CCC(C)(C)CC1. The summed E-state index contributed by atoms with van der Waals surface area (Å²) in [4.78, 5) is 13.9. The molecule has 0 atom stereocenters. The molecule has 3 heteroatoms. The second-order valence-corrected chi connectivity index (χ2v) is 7.30. The minimum Gasteiger partial charge on any atom is -0.366 e. The van der Waals surface area contributed by atoms with Crippen molar-refractivity contribution in [3.8, 4) is 0 Å². The molecule has 0 bridgehead atoms. The zero-order valence-corrected chi connectivity index (χ0v) is 12.9. The third kappa shape index (κ3) is 4.97. The van der Waals surface area contributed by atoms with Crippen LogP contribution >= 0.6 is 0 Å². The summed E-state index contributed by atoms with van der Waals surface area (Å²) in [5.41, 5.74) is 0.202. The Morgan fingerprint density at radius 2 is 1.78 bits per heavy atom. The van der Waals surface area contributed by atoms with E-state index in [0.29, 0.717) is 11.5 Å². The van der Waals surface area contributed by atoms with Gasteiger partial charge in [-0.25, -0.2) is 0 Å². The first-order valence-electron chi connectivity index (χ1n) is 7.00. The Morgan fingerprint density at radius 3 is 2.22 bits per heavy atom. The van der Waals surface area contributed by atoms with Crippen LogP contribution in [0, 0.1) is 5.41 Å². The van der Waals surface area contributed by atoms with Crippen molar-refractivity contribution in [3.63, 3.8) is 0 Å². The summed E-state index contributed by atoms with van der Waals surface area (Å²) < 4.78 is 5.55. The summed E-state index contributed by atoms with van der Waals surface area (Å²) in [6, 6.07) is 0.397. The van der Waals surface area contributed by atoms with Crippen LogP contribution in [0.25, 0.3) is 0 Å². The van der Waals surface area contributed by atoms with E-state index in [1.54, 1.807) is 0 Å². The van der Waals surface area contributed by atoms with Crippen LogP contribution in [0.15, 0.2) is 0 Å². The Morgan fingerprint density at radius 1 is 1.28 bits per heavy atom. The summed E-state index contributed by atoms with van der Waals surface area (Å²) in [5, 5.41) is 0. The standard InChI is InChI=1S/C15H29NO2/c1-14(2,3)18-11-13(17)16(6)12-7-9-15(4,5)10-8-12/h12H,7-11H2,1-6H3. The number of rotatable bonds is 3. The fourth-order valence-corrected chi connectivity index (χ4v) is 2.36. The number of carbonyl (C=O) groups excluding carboxylic acids is 1. The van der Waals surface area contributed by atoms with E-state index in [2.05, 4.69) is 13.8 Å². The summed E-state index contributed by atoms with van der Waals surface area (Å²) in [5.74, 6) is 0.106. The number of ether oxygens (including phenoxy) is 1. The van der Waals surface area contributed by atoms with Gasteiger partial charge in [0.1, 0.15) is 6.61 Å². The molecule has 3 nitrogen and oxygen atoms in total. The lowest BCUT2D eigenvalue weighted by Crippen LogP contribution is -2.43. The van der Waals surface area contributed by atoms with Gasteiger partial charge in [-0.15, -0.1) is 0 Å². The van der Waals surface area contributed by atoms with Crippen LogP contribution in [0.2, 0.25) is 0 Å². The molecule has 1 aliphatic rings. The Balaban J connectivity index is 2.40. The van der Waals surface area contributed by atoms with Crippen LogP contribution in [0.3, 0.4) is 0 Å². The molecule has 18 heavy (non-hydrogen) atoms. The van der Waals surface area contributed by atoms with Crippen LogP contribution in [0.4, 0.5) is 0 Å². The van der Waals surface area contributed by atoms with Gasteiger partial charge in [0, 0.05) is 13.1 Å². The number of hydrogen-bond donors (Lipinski definition) is 0. The zero-order valence-electron chi connectivity index (χ0n) is 12.9. The number of likely N-dealkylation sites (N-methyl/N-ethyl adjacent to an activating group) is 1. The molecule has 0 N–H and O–H groups in total. The van der Waals surface area contributed by atoms with Crippen molar-refractivity contribution in [2.24, 2.45) is 5.41 Å². The van der Waals surface area contributed by atoms with Gasteiger partial charge in [-0.1, -0.05) is 13.8 Å². The monoisotopic (exact) mass is 255 g/mol. The van der Waals surface area contributed by atoms with E-state index in [1.165, 1.54) is 12.8 Å². The molecule has 1 saturated carbocycles. The highest BCUT2D eigenvalue weighted by Crippen LogP contribution is 2.36. The van der Waals surface area contributed by atoms with E-state index in [-0.39, 0.29) is 18.1 Å². The van der Waals surface area contributed by atoms with Crippen molar-refractivity contribution in [2.45, 2.75) is 71.9 Å². The molecule has 1 fully saturated rings. The predicted octanol–water partition coefficient (Wildman–Crippen LogP) is 3.23. The Labute approximate surface area is 112 Å². The molecule has 1 amide bonds. The highest BCUT2D eigenvalue weighted by Gasteiger charge is 2.30. The maximum atomic E-state index is 12.1. The predicted molar refractivity (Wildman–Crippen MR) is 74.5 cm³/mol. The maximum absolute atomic E-state index is 12.1. The molecule has 0 aromatic rings. The minimum atomic E-state index is -0.245. The molecular weight excluding hydrogens is 226 g/mol. The molecule has 0 spiro atoms. The van der Waals surface area contributed by atoms with Gasteiger partial charge in [0.15, 0.2) is 0 Å². The number of carbonyl (C=O) groups is 1. The van der Waals surface area contributed by atoms with Crippen LogP contribution in [-0.2, 0) is 9.53 Å². The molecule has 0 aromatic heterocycles. The highest BCUT2D eigenvalue weighted by atomic mass is 16.5. The Bertz CT molecular complexity index is 281. The van der Waals surface area contributed by atoms with E-state index in [1.807, 2.05) is 32.7 Å². The van der Waals surface area contributed by atoms with Crippen LogP contribution in [-0.4, -0.2) is 36.1 Å². The average molecular weight is 255 g/mol. The van der Waals surface area contributed by atoms with Gasteiger partial charge < -0.3 is 9.64 Å². The first-order valence-corrected chi connectivity index (χ1v) is 7.00. The smallest absolute Gasteiger partial charge is 0.248 e. The molecule has 0 heterocycles. The molecule has 106 valence electrons. The zero-order chi connectivity index (χ0) is 14.0. The lowest BCUT2D eigenvalue weighted by atomic mass is 9.75. The molecule has 0 radical (unpaired) electrons. The maximum Gasteiger partial charge on any atom is 0.248 e. The average Bonchev–Trinajstić information content (AvgIpc) is 2.24. The largest absolute Gasteiger partial charge is 0.366 e. The van der Waals surface area contributed by atoms with Gasteiger partial charge in [-0.05, 0) is 51.9 Å². The summed E-state index contributed by atoms with van der Waals surface area (Å²) in [6.45, 7) is 10.7. The van der Waals surface area contributed by atoms with Crippen molar-refractivity contribution in [2.75, 3.05) is 13.7 Å². The molecule has 1 rings (SSSR count). The summed E-state index contributed by atoms with van der Waals surface area (Å²) in [7, 11) is 1.91. The van der Waals surface area contributed by atoms with E-state index in [9.17, 15) is 4.79 Å². The van der Waals surface area contributed by atoms with Gasteiger partial charge in [-0.2, -0.15) is 0 Å². The van der Waals surface area contributed by atoms with Crippen molar-refractivity contribution in [1.82, 2.24) is 4.90 Å². The van der Waals surface area contributed by atoms with Crippen molar-refractivity contribution in [3.05, 3.63) is 0 Å². The van der Waals surface area contributed by atoms with Crippen LogP contribution in [0.1, 0.15) is 60.3 Å². The Kier molecular flexibility index (Phi) is 4.82. The van der Waals surface area contributed by atoms with Crippen LogP contribution in [0.5, 0.6) is 0 Å². The number of nitrogens with zero attached hydrogens (tertiary/aromatic N) is 1. The van der Waals surface area contributed by atoms with Crippen molar-refractivity contribution >= 4 is 5.91 Å². The van der Waals surface area contributed by atoms with E-state index in [4.69, 9.17) is 4.74 Å². The molecular formula is C15H29NO2. The Hall–Kier alpha value is -0.570. The highest BCUT2D eigenvalue weighted by molar-refractivity contribution is 5.77. The second-order valence-electron chi connectivity index (χ2n) is 7.30. The lowest BCUT2D eigenvalue weighted by Gasteiger charge is -2.38. The minimum absolute atomic E-state index is 0.106. The molecule has 0 aliphatic heterocycles. The third-order valence-electron chi connectivity index (χ3n) is 3.88. The van der Waals surface area contributed by atoms with Gasteiger partial charge in [0.2, 0.25) is 5.91 Å². The van der Waals surface area contributed by atoms with Gasteiger partial charge in [0.05, 0.1) is 5.60 Å². The number of hydrogen-bond acceptors (Lipinski definition) is 2. The van der Waals surface area contributed by atoms with E-state index < -0.39 is 0 Å². The lowest BCUT2D eigenvalue weighted by molar-refractivity contribution is -0.142. The topological polar surface area (TPSA) is 29.5 Å². The molecule has 1 aliphatic carbocycles. The third-order valence-corrected chi connectivity index (χ3v) is 3.88. The van der Waals surface area contributed by atoms with E-state index in [0.717, 1.165) is 12.8 Å². The normalized spacial score (nSPS) is 20.8. The fourth-order valence-electron chi connectivity index (χ4n) is 2.36. The van der Waals surface area contributed by atoms with Gasteiger partial charge in [-0.3, -0.25) is 4.79 Å². The van der Waals surface area contributed by atoms with Crippen molar-refractivity contribution < 1.29 is 9.53 Å². The quantitative estimate of drug-likeness (QED) is 0.775. The van der Waals surface area contributed by atoms with Gasteiger partial charge >= 0.3 is 0 Å². The van der Waals surface area contributed by atoms with Crippen molar-refractivity contribution in [1.29, 1.82) is 0 Å². The molecule has 0 aromatic carbocycles. The van der Waals surface area contributed by atoms with E-state index >= 15 is 0 Å².